The molecule has 0 radical (unpaired) electrons. The van der Waals surface area contributed by atoms with Gasteiger partial charge in [0.2, 0.25) is 0 Å². The van der Waals surface area contributed by atoms with Crippen LogP contribution in [0.2, 0.25) is 0 Å². The molecule has 0 unspecified atom stereocenters. The van der Waals surface area contributed by atoms with E-state index in [1.807, 2.05) is 0 Å². The monoisotopic (exact) mass is 314 g/mol. The maximum absolute atomic E-state index is 13.1. The molecule has 1 aromatic heterocycles. The van der Waals surface area contributed by atoms with Crippen LogP contribution in [0.4, 0.5) is 4.39 Å². The Balaban J connectivity index is 2.13. The lowest BCUT2D eigenvalue weighted by molar-refractivity contribution is -0.124. The van der Waals surface area contributed by atoms with Crippen molar-refractivity contribution in [3.63, 3.8) is 0 Å². The van der Waals surface area contributed by atoms with Crippen LogP contribution in [0, 0.1) is 5.82 Å². The zero-order chi connectivity index (χ0) is 16.8. The lowest BCUT2D eigenvalue weighted by Crippen LogP contribution is -2.14. The van der Waals surface area contributed by atoms with Crippen molar-refractivity contribution in [2.24, 2.45) is 7.05 Å². The normalized spacial score (nSPS) is 11.3. The van der Waals surface area contributed by atoms with Crippen molar-refractivity contribution in [1.82, 2.24) is 10.0 Å². The van der Waals surface area contributed by atoms with Gasteiger partial charge in [-0.3, -0.25) is 14.8 Å². The molecule has 1 heterocycles. The minimum Gasteiger partial charge on any atom is -0.350 e. The van der Waals surface area contributed by atoms with Crippen molar-refractivity contribution in [1.29, 1.82) is 0 Å². The molecular formula is C17H15FN2O3. The molecule has 0 aliphatic heterocycles. The molecule has 0 atom stereocenters. The average Bonchev–Trinajstić information content (AvgIpc) is 2.90. The summed E-state index contributed by atoms with van der Waals surface area (Å²) in [6.45, 7) is 0. The molecule has 1 aromatic carbocycles. The van der Waals surface area contributed by atoms with E-state index in [2.05, 4.69) is 0 Å². The Morgan fingerprint density at radius 2 is 2.00 bits per heavy atom. The van der Waals surface area contributed by atoms with Crippen LogP contribution in [0.5, 0.6) is 0 Å². The number of nitrogens with zero attached hydrogens (tertiary/aromatic N) is 1. The van der Waals surface area contributed by atoms with Crippen LogP contribution in [0.25, 0.3) is 12.2 Å². The smallest absolute Gasteiger partial charge is 0.267 e. The highest BCUT2D eigenvalue weighted by Gasteiger charge is 2.04. The Bertz CT molecular complexity index is 791. The SMILES string of the molecule is Cn1cc(/C=C/C(=O)c2cccc(F)c2)cc1/C=C\C(=O)NO. The van der Waals surface area contributed by atoms with E-state index in [9.17, 15) is 14.0 Å². The minimum atomic E-state index is -0.635. The number of hydrogen-bond acceptors (Lipinski definition) is 3. The zero-order valence-electron chi connectivity index (χ0n) is 12.4. The first-order valence-electron chi connectivity index (χ1n) is 6.76. The first-order chi connectivity index (χ1) is 11.0. The number of amides is 1. The highest BCUT2D eigenvalue weighted by atomic mass is 19.1. The third kappa shape index (κ3) is 4.49. The van der Waals surface area contributed by atoms with E-state index < -0.39 is 11.7 Å². The maximum Gasteiger partial charge on any atom is 0.267 e. The van der Waals surface area contributed by atoms with Crippen molar-refractivity contribution in [2.75, 3.05) is 0 Å². The summed E-state index contributed by atoms with van der Waals surface area (Å²) < 4.78 is 14.8. The molecule has 6 heteroatoms. The third-order valence-corrected chi connectivity index (χ3v) is 3.12. The predicted octanol–water partition coefficient (Wildman–Crippen LogP) is 2.58. The van der Waals surface area contributed by atoms with Crippen LogP contribution in [0.15, 0.2) is 48.7 Å². The van der Waals surface area contributed by atoms with E-state index >= 15 is 0 Å². The average molecular weight is 314 g/mol. The number of hydroxylamine groups is 1. The summed E-state index contributed by atoms with van der Waals surface area (Å²) in [5, 5.41) is 8.43. The number of hydrogen-bond donors (Lipinski definition) is 2. The summed E-state index contributed by atoms with van der Waals surface area (Å²) in [5.41, 5.74) is 3.24. The minimum absolute atomic E-state index is 0.275. The highest BCUT2D eigenvalue weighted by molar-refractivity contribution is 6.06. The van der Waals surface area contributed by atoms with E-state index in [4.69, 9.17) is 5.21 Å². The van der Waals surface area contributed by atoms with E-state index in [-0.39, 0.29) is 11.3 Å². The second-order valence-corrected chi connectivity index (χ2v) is 4.83. The third-order valence-electron chi connectivity index (χ3n) is 3.12. The zero-order valence-corrected chi connectivity index (χ0v) is 12.4. The number of carbonyl (C=O) groups is 2. The van der Waals surface area contributed by atoms with Crippen molar-refractivity contribution >= 4 is 23.8 Å². The molecule has 118 valence electrons. The van der Waals surface area contributed by atoms with Crippen molar-refractivity contribution in [2.45, 2.75) is 0 Å². The standard InChI is InChI=1S/C17H15FN2O3/c1-20-11-12(9-15(20)6-8-17(22)19-23)5-7-16(21)13-3-2-4-14(18)10-13/h2-11,23H,1H3,(H,19,22)/b7-5+,8-6-. The Morgan fingerprint density at radius 3 is 2.70 bits per heavy atom. The number of benzene rings is 1. The maximum atomic E-state index is 13.1. The summed E-state index contributed by atoms with van der Waals surface area (Å²) in [6.07, 6.45) is 7.44. The molecule has 0 aliphatic rings. The fourth-order valence-electron chi connectivity index (χ4n) is 1.97. The molecule has 0 bridgehead atoms. The molecule has 0 saturated heterocycles. The lowest BCUT2D eigenvalue weighted by atomic mass is 10.1. The predicted molar refractivity (Wildman–Crippen MR) is 84.1 cm³/mol. The molecule has 0 aliphatic carbocycles. The van der Waals surface area contributed by atoms with E-state index in [1.165, 1.54) is 41.9 Å². The van der Waals surface area contributed by atoms with Crippen LogP contribution in [0.1, 0.15) is 21.6 Å². The van der Waals surface area contributed by atoms with Gasteiger partial charge in [-0.25, -0.2) is 9.87 Å². The van der Waals surface area contributed by atoms with Crippen LogP contribution in [-0.4, -0.2) is 21.5 Å². The topological polar surface area (TPSA) is 71.3 Å². The van der Waals surface area contributed by atoms with Crippen LogP contribution >= 0.6 is 0 Å². The molecule has 0 saturated carbocycles. The van der Waals surface area contributed by atoms with E-state index in [1.54, 1.807) is 36.0 Å². The molecule has 0 spiro atoms. The van der Waals surface area contributed by atoms with Crippen LogP contribution in [0.3, 0.4) is 0 Å². The molecule has 2 N–H and O–H groups in total. The summed E-state index contributed by atoms with van der Waals surface area (Å²) in [6, 6.07) is 7.24. The van der Waals surface area contributed by atoms with E-state index in [0.29, 0.717) is 5.69 Å². The number of aryl methyl sites for hydroxylation is 1. The Morgan fingerprint density at radius 1 is 1.22 bits per heavy atom. The number of ketones is 1. The van der Waals surface area contributed by atoms with Crippen molar-refractivity contribution < 1.29 is 19.2 Å². The number of aromatic nitrogens is 1. The van der Waals surface area contributed by atoms with Gasteiger partial charge in [0.1, 0.15) is 5.82 Å². The van der Waals surface area contributed by atoms with Gasteiger partial charge in [-0.1, -0.05) is 12.1 Å². The summed E-state index contributed by atoms with van der Waals surface area (Å²) >= 11 is 0. The number of nitrogens with one attached hydrogen (secondary N) is 1. The molecule has 2 rings (SSSR count). The van der Waals surface area contributed by atoms with Gasteiger partial charge in [-0.05, 0) is 42.0 Å². The van der Waals surface area contributed by atoms with Gasteiger partial charge in [0, 0.05) is 30.6 Å². The molecule has 23 heavy (non-hydrogen) atoms. The largest absolute Gasteiger partial charge is 0.350 e. The molecule has 1 amide bonds. The number of carbonyl (C=O) groups excluding carboxylic acids is 2. The van der Waals surface area contributed by atoms with Gasteiger partial charge >= 0.3 is 0 Å². The molecule has 0 fully saturated rings. The van der Waals surface area contributed by atoms with Crippen LogP contribution < -0.4 is 5.48 Å². The first-order valence-corrected chi connectivity index (χ1v) is 6.76. The second kappa shape index (κ2) is 7.33. The fraction of sp³-hybridized carbons (Fsp3) is 0.0588. The van der Waals surface area contributed by atoms with Gasteiger partial charge < -0.3 is 4.57 Å². The van der Waals surface area contributed by atoms with Gasteiger partial charge in [0.05, 0.1) is 0 Å². The quantitative estimate of drug-likeness (QED) is 0.386. The number of allylic oxidation sites excluding steroid dienone is 1. The summed E-state index contributed by atoms with van der Waals surface area (Å²) in [4.78, 5) is 22.9. The van der Waals surface area contributed by atoms with Crippen molar-refractivity contribution in [3.05, 3.63) is 71.3 Å². The first kappa shape index (κ1) is 16.4. The Labute approximate surface area is 132 Å². The van der Waals surface area contributed by atoms with Gasteiger partial charge in [0.25, 0.3) is 5.91 Å². The molecule has 5 nitrogen and oxygen atoms in total. The summed E-state index contributed by atoms with van der Waals surface area (Å²) in [5.74, 6) is -1.40. The van der Waals surface area contributed by atoms with Gasteiger partial charge in [0.15, 0.2) is 5.78 Å². The number of halogens is 1. The van der Waals surface area contributed by atoms with Crippen molar-refractivity contribution in [3.8, 4) is 0 Å². The Kier molecular flexibility index (Phi) is 5.22. The van der Waals surface area contributed by atoms with E-state index in [0.717, 1.165) is 5.56 Å². The van der Waals surface area contributed by atoms with Crippen LogP contribution in [-0.2, 0) is 11.8 Å². The van der Waals surface area contributed by atoms with Gasteiger partial charge in [-0.2, -0.15) is 0 Å². The highest BCUT2D eigenvalue weighted by Crippen LogP contribution is 2.12. The second-order valence-electron chi connectivity index (χ2n) is 4.83. The fourth-order valence-corrected chi connectivity index (χ4v) is 1.97. The molecular weight excluding hydrogens is 299 g/mol. The summed E-state index contributed by atoms with van der Waals surface area (Å²) in [7, 11) is 1.78. The Hall–Kier alpha value is -2.99. The van der Waals surface area contributed by atoms with Gasteiger partial charge in [-0.15, -0.1) is 0 Å². The molecule has 2 aromatic rings. The number of rotatable bonds is 5. The lowest BCUT2D eigenvalue weighted by Gasteiger charge is -1.95.